The van der Waals surface area contributed by atoms with E-state index in [-0.39, 0.29) is 0 Å². The second-order valence-corrected chi connectivity index (χ2v) is 3.88. The van der Waals surface area contributed by atoms with Crippen LogP contribution in [-0.2, 0) is 9.47 Å². The first-order chi connectivity index (χ1) is 7.86. The summed E-state index contributed by atoms with van der Waals surface area (Å²) in [6, 6.07) is 0.643. The molecule has 5 nitrogen and oxygen atoms in total. The van der Waals surface area contributed by atoms with Crippen LogP contribution in [0.2, 0.25) is 0 Å². The highest BCUT2D eigenvalue weighted by Crippen LogP contribution is 2.18. The molecule has 0 bridgehead atoms. The smallest absolute Gasteiger partial charge is 0.191 e. The van der Waals surface area contributed by atoms with Crippen LogP contribution in [0, 0.1) is 0 Å². The fourth-order valence-corrected chi connectivity index (χ4v) is 1.24. The summed E-state index contributed by atoms with van der Waals surface area (Å²) in [4.78, 5) is 4.15. The summed E-state index contributed by atoms with van der Waals surface area (Å²) in [6.07, 6.45) is 3.51. The van der Waals surface area contributed by atoms with Crippen LogP contribution in [0.3, 0.4) is 0 Å². The summed E-state index contributed by atoms with van der Waals surface area (Å²) in [5.41, 5.74) is 0. The Kier molecular flexibility index (Phi) is 6.92. The molecule has 0 aromatic rings. The first kappa shape index (κ1) is 13.3. The lowest BCUT2D eigenvalue weighted by Crippen LogP contribution is -2.39. The Labute approximate surface area is 97.6 Å². The van der Waals surface area contributed by atoms with Gasteiger partial charge in [0.05, 0.1) is 13.2 Å². The predicted octanol–water partition coefficient (Wildman–Crippen LogP) is 0.367. The van der Waals surface area contributed by atoms with Crippen LogP contribution in [0.15, 0.2) is 4.99 Å². The molecular weight excluding hydrogens is 206 g/mol. The van der Waals surface area contributed by atoms with Crippen molar-refractivity contribution in [2.24, 2.45) is 4.99 Å². The molecule has 0 radical (unpaired) electrons. The van der Waals surface area contributed by atoms with E-state index in [1.54, 1.807) is 14.2 Å². The van der Waals surface area contributed by atoms with Gasteiger partial charge in [-0.05, 0) is 19.3 Å². The van der Waals surface area contributed by atoms with Crippen LogP contribution in [0.1, 0.15) is 19.3 Å². The summed E-state index contributed by atoms with van der Waals surface area (Å²) < 4.78 is 10.2. The lowest BCUT2D eigenvalue weighted by atomic mass is 10.4. The number of guanidine groups is 1. The number of rotatable bonds is 8. The molecule has 0 aliphatic heterocycles. The SMILES string of the molecule is CN=C(NCCCOCCOC)NC1CC1. The third kappa shape index (κ3) is 6.63. The van der Waals surface area contributed by atoms with Crippen molar-refractivity contribution in [1.82, 2.24) is 10.6 Å². The van der Waals surface area contributed by atoms with Crippen LogP contribution in [0.5, 0.6) is 0 Å². The highest BCUT2D eigenvalue weighted by Gasteiger charge is 2.21. The van der Waals surface area contributed by atoms with Crippen molar-refractivity contribution < 1.29 is 9.47 Å². The Bertz CT molecular complexity index is 205. The van der Waals surface area contributed by atoms with Crippen molar-refractivity contribution in [2.45, 2.75) is 25.3 Å². The van der Waals surface area contributed by atoms with Gasteiger partial charge in [-0.25, -0.2) is 0 Å². The van der Waals surface area contributed by atoms with Crippen LogP contribution < -0.4 is 10.6 Å². The quantitative estimate of drug-likeness (QED) is 0.359. The summed E-state index contributed by atoms with van der Waals surface area (Å²) >= 11 is 0. The molecule has 5 heteroatoms. The molecule has 1 saturated carbocycles. The molecule has 0 aromatic heterocycles. The molecule has 1 aliphatic rings. The molecule has 0 aromatic carbocycles. The second kappa shape index (κ2) is 8.35. The first-order valence-electron chi connectivity index (χ1n) is 5.90. The lowest BCUT2D eigenvalue weighted by Gasteiger charge is -2.10. The Morgan fingerprint density at radius 1 is 1.31 bits per heavy atom. The van der Waals surface area contributed by atoms with Crippen molar-refractivity contribution in [3.8, 4) is 0 Å². The van der Waals surface area contributed by atoms with Crippen molar-refractivity contribution in [1.29, 1.82) is 0 Å². The maximum Gasteiger partial charge on any atom is 0.191 e. The average Bonchev–Trinajstić information content (AvgIpc) is 3.10. The van der Waals surface area contributed by atoms with E-state index in [0.29, 0.717) is 19.3 Å². The predicted molar refractivity (Wildman–Crippen MR) is 64.8 cm³/mol. The number of hydrogen-bond donors (Lipinski definition) is 2. The third-order valence-corrected chi connectivity index (χ3v) is 2.33. The van der Waals surface area contributed by atoms with Gasteiger partial charge in [0.1, 0.15) is 0 Å². The molecule has 94 valence electrons. The minimum atomic E-state index is 0.643. The molecule has 16 heavy (non-hydrogen) atoms. The topological polar surface area (TPSA) is 54.9 Å². The van der Waals surface area contributed by atoms with Gasteiger partial charge in [-0.1, -0.05) is 0 Å². The molecular formula is C11H23N3O2. The van der Waals surface area contributed by atoms with Crippen LogP contribution in [0.25, 0.3) is 0 Å². The van der Waals surface area contributed by atoms with Gasteiger partial charge in [0.25, 0.3) is 0 Å². The molecule has 0 saturated heterocycles. The van der Waals surface area contributed by atoms with E-state index >= 15 is 0 Å². The van der Waals surface area contributed by atoms with Gasteiger partial charge >= 0.3 is 0 Å². The number of nitrogens with one attached hydrogen (secondary N) is 2. The minimum Gasteiger partial charge on any atom is -0.382 e. The van der Waals surface area contributed by atoms with E-state index in [9.17, 15) is 0 Å². The highest BCUT2D eigenvalue weighted by atomic mass is 16.5. The Morgan fingerprint density at radius 2 is 2.12 bits per heavy atom. The molecule has 1 aliphatic carbocycles. The van der Waals surface area contributed by atoms with Crippen LogP contribution >= 0.6 is 0 Å². The van der Waals surface area contributed by atoms with Gasteiger partial charge in [0.15, 0.2) is 5.96 Å². The Hall–Kier alpha value is -0.810. The fraction of sp³-hybridized carbons (Fsp3) is 0.909. The van der Waals surface area contributed by atoms with Crippen LogP contribution in [-0.4, -0.2) is 52.5 Å². The summed E-state index contributed by atoms with van der Waals surface area (Å²) in [7, 11) is 3.48. The lowest BCUT2D eigenvalue weighted by molar-refractivity contribution is 0.0698. The summed E-state index contributed by atoms with van der Waals surface area (Å²) in [5, 5.41) is 6.59. The van der Waals surface area contributed by atoms with Crippen LogP contribution in [0.4, 0.5) is 0 Å². The zero-order chi connectivity index (χ0) is 11.6. The van der Waals surface area contributed by atoms with E-state index in [1.807, 2.05) is 0 Å². The van der Waals surface area contributed by atoms with Gasteiger partial charge in [-0.15, -0.1) is 0 Å². The van der Waals surface area contributed by atoms with E-state index in [4.69, 9.17) is 9.47 Å². The molecule has 0 atom stereocenters. The molecule has 2 N–H and O–H groups in total. The average molecular weight is 229 g/mol. The van der Waals surface area contributed by atoms with Gasteiger partial charge in [-0.3, -0.25) is 4.99 Å². The number of ether oxygens (including phenoxy) is 2. The molecule has 1 rings (SSSR count). The van der Waals surface area contributed by atoms with Crippen molar-refractivity contribution >= 4 is 5.96 Å². The zero-order valence-corrected chi connectivity index (χ0v) is 10.3. The molecule has 0 amide bonds. The standard InChI is InChI=1S/C11H23N3O2/c1-12-11(14-10-4-5-10)13-6-3-7-16-9-8-15-2/h10H,3-9H2,1-2H3,(H2,12,13,14). The second-order valence-electron chi connectivity index (χ2n) is 3.88. The third-order valence-electron chi connectivity index (χ3n) is 2.33. The summed E-state index contributed by atoms with van der Waals surface area (Å²) in [6.45, 7) is 2.99. The first-order valence-corrected chi connectivity index (χ1v) is 5.90. The Morgan fingerprint density at radius 3 is 2.75 bits per heavy atom. The fourth-order valence-electron chi connectivity index (χ4n) is 1.24. The normalized spacial score (nSPS) is 16.2. The van der Waals surface area contributed by atoms with Crippen molar-refractivity contribution in [3.63, 3.8) is 0 Å². The van der Waals surface area contributed by atoms with E-state index in [0.717, 1.165) is 25.5 Å². The monoisotopic (exact) mass is 229 g/mol. The summed E-state index contributed by atoms with van der Waals surface area (Å²) in [5.74, 6) is 0.902. The number of methoxy groups -OCH3 is 1. The van der Waals surface area contributed by atoms with E-state index in [2.05, 4.69) is 15.6 Å². The maximum atomic E-state index is 5.36. The van der Waals surface area contributed by atoms with Crippen molar-refractivity contribution in [3.05, 3.63) is 0 Å². The number of hydrogen-bond acceptors (Lipinski definition) is 3. The van der Waals surface area contributed by atoms with Gasteiger partial charge in [0, 0.05) is 33.4 Å². The molecule has 1 fully saturated rings. The van der Waals surface area contributed by atoms with Crippen molar-refractivity contribution in [2.75, 3.05) is 40.5 Å². The molecule has 0 heterocycles. The Balaban J connectivity index is 1.88. The van der Waals surface area contributed by atoms with Gasteiger partial charge < -0.3 is 20.1 Å². The van der Waals surface area contributed by atoms with E-state index < -0.39 is 0 Å². The number of nitrogens with zero attached hydrogens (tertiary/aromatic N) is 1. The zero-order valence-electron chi connectivity index (χ0n) is 10.3. The minimum absolute atomic E-state index is 0.643. The highest BCUT2D eigenvalue weighted by molar-refractivity contribution is 5.80. The maximum absolute atomic E-state index is 5.36. The van der Waals surface area contributed by atoms with Gasteiger partial charge in [0.2, 0.25) is 0 Å². The molecule has 0 unspecified atom stereocenters. The number of aliphatic imine (C=N–C) groups is 1. The molecule has 0 spiro atoms. The van der Waals surface area contributed by atoms with E-state index in [1.165, 1.54) is 12.8 Å². The largest absolute Gasteiger partial charge is 0.382 e. The van der Waals surface area contributed by atoms with Gasteiger partial charge in [-0.2, -0.15) is 0 Å².